The van der Waals surface area contributed by atoms with Crippen LogP contribution in [0.25, 0.3) is 0 Å². The van der Waals surface area contributed by atoms with Crippen molar-refractivity contribution in [3.05, 3.63) is 22.7 Å². The number of carbonyl (C=O) groups is 1. The summed E-state index contributed by atoms with van der Waals surface area (Å²) in [5, 5.41) is 3.15. The maximum atomic E-state index is 12.0. The number of anilines is 2. The number of amides is 1. The molecule has 1 amide bonds. The van der Waals surface area contributed by atoms with Gasteiger partial charge < -0.3 is 15.1 Å². The first-order valence-electron chi connectivity index (χ1n) is 6.06. The minimum absolute atomic E-state index is 0.142. The first kappa shape index (κ1) is 13.4. The van der Waals surface area contributed by atoms with E-state index in [1.54, 1.807) is 0 Å². The van der Waals surface area contributed by atoms with Gasteiger partial charge in [0.1, 0.15) is 0 Å². The molecule has 1 aliphatic heterocycles. The largest absolute Gasteiger partial charge is 0.374 e. The fourth-order valence-electron chi connectivity index (χ4n) is 2.08. The summed E-state index contributed by atoms with van der Waals surface area (Å²) in [6.45, 7) is 2.14. The molecule has 98 valence electrons. The van der Waals surface area contributed by atoms with Crippen molar-refractivity contribution in [3.63, 3.8) is 0 Å². The zero-order valence-electron chi connectivity index (χ0n) is 10.7. The van der Waals surface area contributed by atoms with Crippen molar-refractivity contribution in [3.8, 4) is 0 Å². The minimum Gasteiger partial charge on any atom is -0.374 e. The molecule has 1 aliphatic rings. The molecule has 5 heteroatoms. The number of benzene rings is 1. The van der Waals surface area contributed by atoms with Crippen LogP contribution in [0.5, 0.6) is 0 Å². The second kappa shape index (κ2) is 5.71. The molecule has 0 atom stereocenters. The molecule has 1 N–H and O–H groups in total. The van der Waals surface area contributed by atoms with Crippen LogP contribution in [0, 0.1) is 0 Å². The van der Waals surface area contributed by atoms with Crippen LogP contribution < -0.4 is 10.2 Å². The second-order valence-corrected chi connectivity index (χ2v) is 5.63. The van der Waals surface area contributed by atoms with E-state index < -0.39 is 0 Å². The number of rotatable bonds is 4. The van der Waals surface area contributed by atoms with Crippen LogP contribution in [0.2, 0.25) is 0 Å². The molecule has 1 heterocycles. The summed E-state index contributed by atoms with van der Waals surface area (Å²) < 4.78 is 1.02. The Morgan fingerprint density at radius 1 is 1.44 bits per heavy atom. The Morgan fingerprint density at radius 3 is 2.94 bits per heavy atom. The smallest absolute Gasteiger partial charge is 0.246 e. The third kappa shape index (κ3) is 3.03. The van der Waals surface area contributed by atoms with Crippen molar-refractivity contribution in [2.24, 2.45) is 0 Å². The van der Waals surface area contributed by atoms with E-state index in [2.05, 4.69) is 26.1 Å². The number of halogens is 1. The Hall–Kier alpha value is -1.07. The number of nitrogens with zero attached hydrogens (tertiary/aromatic N) is 2. The molecule has 1 aromatic rings. The van der Waals surface area contributed by atoms with Crippen LogP contribution in [0.1, 0.15) is 6.42 Å². The topological polar surface area (TPSA) is 35.6 Å². The van der Waals surface area contributed by atoms with Gasteiger partial charge in [0.25, 0.3) is 0 Å². The van der Waals surface area contributed by atoms with E-state index in [1.165, 1.54) is 0 Å². The van der Waals surface area contributed by atoms with Crippen LogP contribution in [-0.2, 0) is 4.79 Å². The molecule has 0 saturated heterocycles. The fourth-order valence-corrected chi connectivity index (χ4v) is 2.44. The Balaban J connectivity index is 2.12. The standard InChI is InChI=1S/C13H18BrN3O/c1-16(2)6-3-7-17-12-5-4-10(14)8-11(12)15-9-13(17)18/h4-5,8,15H,3,6-7,9H2,1-2H3. The molecule has 2 rings (SSSR count). The van der Waals surface area contributed by atoms with Gasteiger partial charge in [0.15, 0.2) is 0 Å². The van der Waals surface area contributed by atoms with Crippen LogP contribution in [0.15, 0.2) is 22.7 Å². The lowest BCUT2D eigenvalue weighted by molar-refractivity contribution is -0.117. The summed E-state index contributed by atoms with van der Waals surface area (Å²) in [7, 11) is 4.09. The lowest BCUT2D eigenvalue weighted by Gasteiger charge is -2.30. The van der Waals surface area contributed by atoms with Gasteiger partial charge in [-0.05, 0) is 45.3 Å². The third-order valence-corrected chi connectivity index (χ3v) is 3.46. The quantitative estimate of drug-likeness (QED) is 0.925. The molecule has 0 aromatic heterocycles. The molecule has 4 nitrogen and oxygen atoms in total. The normalized spacial score (nSPS) is 14.7. The molecule has 0 unspecified atom stereocenters. The molecule has 0 fully saturated rings. The van der Waals surface area contributed by atoms with Gasteiger partial charge in [-0.1, -0.05) is 15.9 Å². The molecule has 1 aromatic carbocycles. The molecule has 0 spiro atoms. The van der Waals surface area contributed by atoms with E-state index in [0.717, 1.165) is 35.4 Å². The number of carbonyl (C=O) groups excluding carboxylic acids is 1. The van der Waals surface area contributed by atoms with Gasteiger partial charge in [0.2, 0.25) is 5.91 Å². The van der Waals surface area contributed by atoms with Gasteiger partial charge >= 0.3 is 0 Å². The van der Waals surface area contributed by atoms with E-state index in [-0.39, 0.29) is 5.91 Å². The highest BCUT2D eigenvalue weighted by Crippen LogP contribution is 2.32. The highest BCUT2D eigenvalue weighted by atomic mass is 79.9. The van der Waals surface area contributed by atoms with Gasteiger partial charge in [-0.3, -0.25) is 4.79 Å². The van der Waals surface area contributed by atoms with E-state index in [1.807, 2.05) is 37.2 Å². The van der Waals surface area contributed by atoms with Crippen molar-refractivity contribution >= 4 is 33.2 Å². The predicted octanol–water partition coefficient (Wildman–Crippen LogP) is 2.16. The summed E-state index contributed by atoms with van der Waals surface area (Å²) in [6.07, 6.45) is 0.980. The lowest BCUT2D eigenvalue weighted by atomic mass is 10.2. The zero-order chi connectivity index (χ0) is 13.1. The second-order valence-electron chi connectivity index (χ2n) is 4.72. The molecule has 18 heavy (non-hydrogen) atoms. The van der Waals surface area contributed by atoms with E-state index >= 15 is 0 Å². The molecular weight excluding hydrogens is 294 g/mol. The Bertz CT molecular complexity index is 448. The lowest BCUT2D eigenvalue weighted by Crippen LogP contribution is -2.41. The van der Waals surface area contributed by atoms with E-state index in [0.29, 0.717) is 6.54 Å². The van der Waals surface area contributed by atoms with Gasteiger partial charge in [0.05, 0.1) is 17.9 Å². The summed E-state index contributed by atoms with van der Waals surface area (Å²) in [5.41, 5.74) is 2.00. The molecule has 0 saturated carbocycles. The maximum Gasteiger partial charge on any atom is 0.246 e. The third-order valence-electron chi connectivity index (χ3n) is 2.97. The molecular formula is C13H18BrN3O. The fraction of sp³-hybridized carbons (Fsp3) is 0.462. The molecule has 0 radical (unpaired) electrons. The monoisotopic (exact) mass is 311 g/mol. The van der Waals surface area contributed by atoms with Crippen molar-refractivity contribution in [2.75, 3.05) is 43.9 Å². The zero-order valence-corrected chi connectivity index (χ0v) is 12.3. The summed E-state index contributed by atoms with van der Waals surface area (Å²) in [4.78, 5) is 16.0. The maximum absolute atomic E-state index is 12.0. The predicted molar refractivity (Wildman–Crippen MR) is 78.2 cm³/mol. The molecule has 0 aliphatic carbocycles. The van der Waals surface area contributed by atoms with E-state index in [4.69, 9.17) is 0 Å². The van der Waals surface area contributed by atoms with Gasteiger partial charge in [-0.15, -0.1) is 0 Å². The SMILES string of the molecule is CN(C)CCCN1C(=O)CNc2cc(Br)ccc21. The Kier molecular flexibility index (Phi) is 4.24. The molecule has 0 bridgehead atoms. The van der Waals surface area contributed by atoms with Crippen molar-refractivity contribution in [2.45, 2.75) is 6.42 Å². The van der Waals surface area contributed by atoms with Crippen molar-refractivity contribution in [1.82, 2.24) is 4.90 Å². The number of fused-ring (bicyclic) bond motifs is 1. The Morgan fingerprint density at radius 2 is 2.22 bits per heavy atom. The first-order valence-corrected chi connectivity index (χ1v) is 6.86. The van der Waals surface area contributed by atoms with Crippen LogP contribution in [-0.4, -0.2) is 44.5 Å². The average Bonchev–Trinajstić information content (AvgIpc) is 2.31. The first-order chi connectivity index (χ1) is 8.58. The van der Waals surface area contributed by atoms with Gasteiger partial charge in [-0.2, -0.15) is 0 Å². The highest BCUT2D eigenvalue weighted by Gasteiger charge is 2.23. The Labute approximate surface area is 116 Å². The number of hydrogen-bond acceptors (Lipinski definition) is 3. The minimum atomic E-state index is 0.142. The van der Waals surface area contributed by atoms with Gasteiger partial charge in [-0.25, -0.2) is 0 Å². The van der Waals surface area contributed by atoms with Crippen LogP contribution >= 0.6 is 15.9 Å². The van der Waals surface area contributed by atoms with Gasteiger partial charge in [0, 0.05) is 11.0 Å². The van der Waals surface area contributed by atoms with E-state index in [9.17, 15) is 4.79 Å². The number of nitrogens with one attached hydrogen (secondary N) is 1. The summed E-state index contributed by atoms with van der Waals surface area (Å²) in [5.74, 6) is 0.142. The van der Waals surface area contributed by atoms with Crippen molar-refractivity contribution < 1.29 is 4.79 Å². The summed E-state index contributed by atoms with van der Waals surface area (Å²) >= 11 is 3.45. The average molecular weight is 312 g/mol. The number of hydrogen-bond donors (Lipinski definition) is 1. The van der Waals surface area contributed by atoms with Crippen LogP contribution in [0.3, 0.4) is 0 Å². The summed E-state index contributed by atoms with van der Waals surface area (Å²) in [6, 6.07) is 5.97. The van der Waals surface area contributed by atoms with Crippen molar-refractivity contribution in [1.29, 1.82) is 0 Å². The highest BCUT2D eigenvalue weighted by molar-refractivity contribution is 9.10. The van der Waals surface area contributed by atoms with Crippen LogP contribution in [0.4, 0.5) is 11.4 Å².